The predicted octanol–water partition coefficient (Wildman–Crippen LogP) is 2.46. The topological polar surface area (TPSA) is 29.3 Å². The van der Waals surface area contributed by atoms with E-state index in [-0.39, 0.29) is 0 Å². The van der Waals surface area contributed by atoms with E-state index in [1.165, 1.54) is 18.4 Å². The molecule has 0 saturated carbocycles. The molecule has 1 unspecified atom stereocenters. The molecule has 2 rings (SSSR count). The van der Waals surface area contributed by atoms with Gasteiger partial charge >= 0.3 is 0 Å². The molecule has 1 saturated heterocycles. The summed E-state index contributed by atoms with van der Waals surface area (Å²) in [7, 11) is 0. The first-order chi connectivity index (χ1) is 7.29. The molecule has 0 aromatic heterocycles. The van der Waals surface area contributed by atoms with Gasteiger partial charge in [0, 0.05) is 6.54 Å². The second kappa shape index (κ2) is 4.62. The lowest BCUT2D eigenvalue weighted by Gasteiger charge is -2.36. The van der Waals surface area contributed by atoms with Gasteiger partial charge in [0.1, 0.15) is 0 Å². The molecule has 1 heterocycles. The summed E-state index contributed by atoms with van der Waals surface area (Å²) in [6.45, 7) is 0.995. The van der Waals surface area contributed by atoms with Crippen molar-refractivity contribution >= 4 is 17.3 Å². The highest BCUT2D eigenvalue weighted by Gasteiger charge is 2.24. The number of thiocarbonyl (C=S) groups is 1. The summed E-state index contributed by atoms with van der Waals surface area (Å²) in [5.41, 5.74) is 7.08. The minimum Gasteiger partial charge on any atom is -0.376 e. The zero-order chi connectivity index (χ0) is 10.7. The average molecular weight is 220 g/mol. The number of likely N-dealkylation sites (tertiary alicyclic amines) is 1. The molecule has 15 heavy (non-hydrogen) atoms. The van der Waals surface area contributed by atoms with Crippen molar-refractivity contribution in [3.63, 3.8) is 0 Å². The lowest BCUT2D eigenvalue weighted by molar-refractivity contribution is 0.247. The Morgan fingerprint density at radius 1 is 1.27 bits per heavy atom. The van der Waals surface area contributed by atoms with E-state index in [2.05, 4.69) is 29.2 Å². The number of nitrogens with two attached hydrogens (primary N) is 1. The van der Waals surface area contributed by atoms with Crippen LogP contribution < -0.4 is 5.73 Å². The molecule has 1 aliphatic rings. The smallest absolute Gasteiger partial charge is 0.166 e. The second-order valence-electron chi connectivity index (χ2n) is 3.95. The fraction of sp³-hybridized carbons (Fsp3) is 0.417. The molecule has 1 aliphatic heterocycles. The highest BCUT2D eigenvalue weighted by molar-refractivity contribution is 7.80. The van der Waals surface area contributed by atoms with E-state index < -0.39 is 0 Å². The maximum atomic E-state index is 5.75. The summed E-state index contributed by atoms with van der Waals surface area (Å²) in [5, 5.41) is 0.531. The van der Waals surface area contributed by atoms with Crippen molar-refractivity contribution in [1.29, 1.82) is 0 Å². The zero-order valence-electron chi connectivity index (χ0n) is 8.73. The lowest BCUT2D eigenvalue weighted by Crippen LogP contribution is -2.41. The number of nitrogens with zero attached hydrogens (tertiary/aromatic N) is 1. The van der Waals surface area contributed by atoms with E-state index in [1.807, 2.05) is 6.07 Å². The molecule has 3 heteroatoms. The first-order valence-electron chi connectivity index (χ1n) is 5.40. The van der Waals surface area contributed by atoms with E-state index in [0.717, 1.165) is 13.0 Å². The molecule has 80 valence electrons. The highest BCUT2D eigenvalue weighted by Crippen LogP contribution is 2.30. The molecule has 1 aromatic carbocycles. The molecule has 1 aromatic rings. The fourth-order valence-electron chi connectivity index (χ4n) is 2.22. The summed E-state index contributed by atoms with van der Waals surface area (Å²) >= 11 is 5.10. The van der Waals surface area contributed by atoms with Crippen LogP contribution >= 0.6 is 12.2 Å². The summed E-state index contributed by atoms with van der Waals surface area (Å²) in [6, 6.07) is 10.9. The Morgan fingerprint density at radius 2 is 2.00 bits per heavy atom. The van der Waals surface area contributed by atoms with E-state index in [4.69, 9.17) is 18.0 Å². The Bertz CT molecular complexity index is 337. The predicted molar refractivity (Wildman–Crippen MR) is 66.5 cm³/mol. The van der Waals surface area contributed by atoms with Crippen LogP contribution in [0.15, 0.2) is 30.3 Å². The van der Waals surface area contributed by atoms with Gasteiger partial charge in [-0.05, 0) is 37.0 Å². The molecule has 2 nitrogen and oxygen atoms in total. The summed E-state index contributed by atoms with van der Waals surface area (Å²) in [5.74, 6) is 0. The maximum absolute atomic E-state index is 5.75. The van der Waals surface area contributed by atoms with Gasteiger partial charge in [0.2, 0.25) is 0 Å². The van der Waals surface area contributed by atoms with Gasteiger partial charge in [-0.3, -0.25) is 0 Å². The first kappa shape index (κ1) is 10.4. The van der Waals surface area contributed by atoms with Crippen LogP contribution in [-0.4, -0.2) is 16.6 Å². The van der Waals surface area contributed by atoms with Crippen molar-refractivity contribution in [1.82, 2.24) is 4.90 Å². The lowest BCUT2D eigenvalue weighted by atomic mass is 9.96. The van der Waals surface area contributed by atoms with Crippen molar-refractivity contribution in [3.8, 4) is 0 Å². The van der Waals surface area contributed by atoms with Crippen LogP contribution in [0.25, 0.3) is 0 Å². The Balaban J connectivity index is 2.22. The maximum Gasteiger partial charge on any atom is 0.166 e. The van der Waals surface area contributed by atoms with Crippen molar-refractivity contribution in [2.45, 2.75) is 25.3 Å². The molecule has 2 N–H and O–H groups in total. The normalized spacial score (nSPS) is 21.3. The third kappa shape index (κ3) is 2.29. The summed E-state index contributed by atoms with van der Waals surface area (Å²) in [6.07, 6.45) is 3.61. The average Bonchev–Trinajstić information content (AvgIpc) is 2.30. The molecule has 1 fully saturated rings. The SMILES string of the molecule is NC(=S)N1CCCCC1c1ccccc1. The van der Waals surface area contributed by atoms with Gasteiger partial charge in [-0.2, -0.15) is 0 Å². The van der Waals surface area contributed by atoms with E-state index in [1.54, 1.807) is 0 Å². The van der Waals surface area contributed by atoms with Gasteiger partial charge < -0.3 is 10.6 Å². The van der Waals surface area contributed by atoms with Gasteiger partial charge in [0.15, 0.2) is 5.11 Å². The van der Waals surface area contributed by atoms with Crippen molar-refractivity contribution in [3.05, 3.63) is 35.9 Å². The molecule has 0 spiro atoms. The standard InChI is InChI=1S/C12H16N2S/c13-12(15)14-9-5-4-8-11(14)10-6-2-1-3-7-10/h1-3,6-7,11H,4-5,8-9H2,(H2,13,15). The molecule has 1 atom stereocenters. The van der Waals surface area contributed by atoms with E-state index >= 15 is 0 Å². The third-order valence-electron chi connectivity index (χ3n) is 2.97. The Hall–Kier alpha value is -1.09. The van der Waals surface area contributed by atoms with Crippen LogP contribution in [0.2, 0.25) is 0 Å². The number of rotatable bonds is 1. The van der Waals surface area contributed by atoms with Crippen LogP contribution in [0.1, 0.15) is 30.9 Å². The molecular formula is C12H16N2S. The molecule has 0 amide bonds. The summed E-state index contributed by atoms with van der Waals surface area (Å²) in [4.78, 5) is 2.15. The van der Waals surface area contributed by atoms with Crippen LogP contribution in [0, 0.1) is 0 Å². The third-order valence-corrected chi connectivity index (χ3v) is 3.20. The van der Waals surface area contributed by atoms with Gasteiger partial charge in [0.25, 0.3) is 0 Å². The highest BCUT2D eigenvalue weighted by atomic mass is 32.1. The van der Waals surface area contributed by atoms with Crippen molar-refractivity contribution in [2.75, 3.05) is 6.54 Å². The largest absolute Gasteiger partial charge is 0.376 e. The zero-order valence-corrected chi connectivity index (χ0v) is 9.54. The van der Waals surface area contributed by atoms with Crippen LogP contribution in [0.5, 0.6) is 0 Å². The van der Waals surface area contributed by atoms with Crippen LogP contribution in [0.4, 0.5) is 0 Å². The molecule has 0 bridgehead atoms. The number of benzene rings is 1. The fourth-order valence-corrected chi connectivity index (χ4v) is 2.44. The van der Waals surface area contributed by atoms with Gasteiger partial charge in [0.05, 0.1) is 6.04 Å². The number of hydrogen-bond acceptors (Lipinski definition) is 1. The Labute approximate surface area is 96.1 Å². The number of piperidine rings is 1. The quantitative estimate of drug-likeness (QED) is 0.737. The minimum atomic E-state index is 0.387. The van der Waals surface area contributed by atoms with Gasteiger partial charge in [-0.25, -0.2) is 0 Å². The van der Waals surface area contributed by atoms with Gasteiger partial charge in [-0.1, -0.05) is 30.3 Å². The van der Waals surface area contributed by atoms with Crippen LogP contribution in [-0.2, 0) is 0 Å². The molecular weight excluding hydrogens is 204 g/mol. The minimum absolute atomic E-state index is 0.387. The van der Waals surface area contributed by atoms with Crippen molar-refractivity contribution < 1.29 is 0 Å². The second-order valence-corrected chi connectivity index (χ2v) is 4.37. The number of hydrogen-bond donors (Lipinski definition) is 1. The monoisotopic (exact) mass is 220 g/mol. The Kier molecular flexibility index (Phi) is 3.21. The Morgan fingerprint density at radius 3 is 2.67 bits per heavy atom. The van der Waals surface area contributed by atoms with E-state index in [9.17, 15) is 0 Å². The molecule has 0 radical (unpaired) electrons. The first-order valence-corrected chi connectivity index (χ1v) is 5.81. The van der Waals surface area contributed by atoms with Gasteiger partial charge in [-0.15, -0.1) is 0 Å². The molecule has 0 aliphatic carbocycles. The van der Waals surface area contributed by atoms with Crippen LogP contribution in [0.3, 0.4) is 0 Å². The summed E-state index contributed by atoms with van der Waals surface area (Å²) < 4.78 is 0. The van der Waals surface area contributed by atoms with E-state index in [0.29, 0.717) is 11.2 Å². The van der Waals surface area contributed by atoms with Crippen molar-refractivity contribution in [2.24, 2.45) is 5.73 Å².